The fourth-order valence-corrected chi connectivity index (χ4v) is 1.77. The molecule has 0 aromatic heterocycles. The monoisotopic (exact) mass is 244 g/mol. The SMILES string of the molecule is CC(C)(C)C(Cc1ccc(F)cc1Cl)NN. The maximum absolute atomic E-state index is 12.9. The third-order valence-corrected chi connectivity index (χ3v) is 3.04. The number of nitrogens with one attached hydrogen (secondary N) is 1. The predicted molar refractivity (Wildman–Crippen MR) is 65.7 cm³/mol. The molecule has 0 amide bonds. The Morgan fingerprint density at radius 3 is 2.50 bits per heavy atom. The van der Waals surface area contributed by atoms with Crippen molar-refractivity contribution in [2.75, 3.05) is 0 Å². The Balaban J connectivity index is 2.86. The summed E-state index contributed by atoms with van der Waals surface area (Å²) >= 11 is 5.97. The number of rotatable bonds is 3. The number of benzene rings is 1. The van der Waals surface area contributed by atoms with Gasteiger partial charge >= 0.3 is 0 Å². The van der Waals surface area contributed by atoms with E-state index in [1.165, 1.54) is 12.1 Å². The van der Waals surface area contributed by atoms with Crippen molar-refractivity contribution in [3.05, 3.63) is 34.6 Å². The van der Waals surface area contributed by atoms with Crippen LogP contribution in [0.4, 0.5) is 4.39 Å². The van der Waals surface area contributed by atoms with Gasteiger partial charge in [0, 0.05) is 11.1 Å². The minimum Gasteiger partial charge on any atom is -0.271 e. The Labute approximate surface area is 101 Å². The van der Waals surface area contributed by atoms with E-state index in [4.69, 9.17) is 17.4 Å². The lowest BCUT2D eigenvalue weighted by Crippen LogP contribution is -2.45. The van der Waals surface area contributed by atoms with Crippen LogP contribution >= 0.6 is 11.6 Å². The van der Waals surface area contributed by atoms with E-state index in [0.717, 1.165) is 5.56 Å². The van der Waals surface area contributed by atoms with E-state index in [9.17, 15) is 4.39 Å². The van der Waals surface area contributed by atoms with E-state index >= 15 is 0 Å². The predicted octanol–water partition coefficient (Wildman–Crippen LogP) is 2.90. The fraction of sp³-hybridized carbons (Fsp3) is 0.500. The van der Waals surface area contributed by atoms with Crippen LogP contribution in [0.5, 0.6) is 0 Å². The molecule has 1 unspecified atom stereocenters. The summed E-state index contributed by atoms with van der Waals surface area (Å²) in [6.07, 6.45) is 0.680. The quantitative estimate of drug-likeness (QED) is 0.634. The van der Waals surface area contributed by atoms with Gasteiger partial charge in [0.15, 0.2) is 0 Å². The molecule has 0 aliphatic rings. The lowest BCUT2D eigenvalue weighted by atomic mass is 9.83. The van der Waals surface area contributed by atoms with Crippen LogP contribution in [0.25, 0.3) is 0 Å². The van der Waals surface area contributed by atoms with Gasteiger partial charge in [0.1, 0.15) is 5.82 Å². The Kier molecular flexibility index (Phi) is 4.30. The van der Waals surface area contributed by atoms with Crippen LogP contribution in [0.3, 0.4) is 0 Å². The van der Waals surface area contributed by atoms with Gasteiger partial charge in [-0.2, -0.15) is 0 Å². The summed E-state index contributed by atoms with van der Waals surface area (Å²) < 4.78 is 12.9. The average Bonchev–Trinajstić information content (AvgIpc) is 2.14. The summed E-state index contributed by atoms with van der Waals surface area (Å²) in [5.74, 6) is 5.20. The van der Waals surface area contributed by atoms with Crippen LogP contribution in [0.1, 0.15) is 26.3 Å². The first-order valence-electron chi connectivity index (χ1n) is 5.24. The molecule has 16 heavy (non-hydrogen) atoms. The maximum Gasteiger partial charge on any atom is 0.124 e. The molecule has 3 N–H and O–H groups in total. The molecular formula is C12H18ClFN2. The van der Waals surface area contributed by atoms with Gasteiger partial charge in [-0.15, -0.1) is 0 Å². The Morgan fingerprint density at radius 2 is 2.06 bits per heavy atom. The molecule has 0 bridgehead atoms. The molecule has 0 aliphatic heterocycles. The topological polar surface area (TPSA) is 38.0 Å². The number of hydrazine groups is 1. The molecule has 1 aromatic carbocycles. The summed E-state index contributed by atoms with van der Waals surface area (Å²) in [7, 11) is 0. The van der Waals surface area contributed by atoms with Crippen molar-refractivity contribution in [1.29, 1.82) is 0 Å². The van der Waals surface area contributed by atoms with Crippen molar-refractivity contribution in [1.82, 2.24) is 5.43 Å². The second-order valence-electron chi connectivity index (χ2n) is 5.03. The zero-order valence-electron chi connectivity index (χ0n) is 9.85. The van der Waals surface area contributed by atoms with Crippen LogP contribution in [-0.2, 0) is 6.42 Å². The molecule has 90 valence electrons. The number of hydrogen-bond acceptors (Lipinski definition) is 2. The van der Waals surface area contributed by atoms with Crippen LogP contribution in [0.15, 0.2) is 18.2 Å². The van der Waals surface area contributed by atoms with Crippen LogP contribution in [0, 0.1) is 11.2 Å². The summed E-state index contributed by atoms with van der Waals surface area (Å²) in [5, 5.41) is 0.449. The summed E-state index contributed by atoms with van der Waals surface area (Å²) in [6.45, 7) is 6.28. The molecule has 0 saturated heterocycles. The van der Waals surface area contributed by atoms with Crippen molar-refractivity contribution in [3.8, 4) is 0 Å². The highest BCUT2D eigenvalue weighted by molar-refractivity contribution is 6.31. The van der Waals surface area contributed by atoms with Gasteiger partial charge in [-0.05, 0) is 29.5 Å². The van der Waals surface area contributed by atoms with Gasteiger partial charge in [0.05, 0.1) is 0 Å². The van der Waals surface area contributed by atoms with E-state index in [1.54, 1.807) is 6.07 Å². The van der Waals surface area contributed by atoms with Crippen molar-refractivity contribution >= 4 is 11.6 Å². The fourth-order valence-electron chi connectivity index (χ4n) is 1.52. The van der Waals surface area contributed by atoms with Crippen molar-refractivity contribution < 1.29 is 4.39 Å². The second-order valence-corrected chi connectivity index (χ2v) is 5.43. The van der Waals surface area contributed by atoms with E-state index in [1.807, 2.05) is 0 Å². The van der Waals surface area contributed by atoms with E-state index in [-0.39, 0.29) is 17.3 Å². The first kappa shape index (κ1) is 13.4. The molecule has 4 heteroatoms. The largest absolute Gasteiger partial charge is 0.271 e. The molecule has 0 saturated carbocycles. The molecule has 1 aromatic rings. The molecular weight excluding hydrogens is 227 g/mol. The lowest BCUT2D eigenvalue weighted by Gasteiger charge is -2.30. The van der Waals surface area contributed by atoms with Gasteiger partial charge in [-0.3, -0.25) is 11.3 Å². The summed E-state index contributed by atoms with van der Waals surface area (Å²) in [5.41, 5.74) is 3.70. The van der Waals surface area contributed by atoms with Gasteiger partial charge in [-0.25, -0.2) is 4.39 Å². The van der Waals surface area contributed by atoms with Crippen LogP contribution in [-0.4, -0.2) is 6.04 Å². The molecule has 0 radical (unpaired) electrons. The highest BCUT2D eigenvalue weighted by atomic mass is 35.5. The third kappa shape index (κ3) is 3.44. The third-order valence-electron chi connectivity index (χ3n) is 2.69. The molecule has 2 nitrogen and oxygen atoms in total. The average molecular weight is 245 g/mol. The Bertz CT molecular complexity index is 361. The van der Waals surface area contributed by atoms with E-state index in [0.29, 0.717) is 11.4 Å². The number of halogens is 2. The number of hydrogen-bond donors (Lipinski definition) is 2. The first-order chi connectivity index (χ1) is 7.34. The van der Waals surface area contributed by atoms with Gasteiger partial charge < -0.3 is 0 Å². The van der Waals surface area contributed by atoms with E-state index < -0.39 is 0 Å². The Hall–Kier alpha value is -0.640. The van der Waals surface area contributed by atoms with E-state index in [2.05, 4.69) is 26.2 Å². The molecule has 1 atom stereocenters. The summed E-state index contributed by atoms with van der Waals surface area (Å²) in [4.78, 5) is 0. The minimum atomic E-state index is -0.318. The smallest absolute Gasteiger partial charge is 0.124 e. The van der Waals surface area contributed by atoms with Gasteiger partial charge in [0.25, 0.3) is 0 Å². The highest BCUT2D eigenvalue weighted by Gasteiger charge is 2.24. The van der Waals surface area contributed by atoms with Crippen LogP contribution < -0.4 is 11.3 Å². The minimum absolute atomic E-state index is 0.0203. The highest BCUT2D eigenvalue weighted by Crippen LogP contribution is 2.25. The lowest BCUT2D eigenvalue weighted by molar-refractivity contribution is 0.269. The normalized spacial score (nSPS) is 13.9. The second kappa shape index (κ2) is 5.13. The standard InChI is InChI=1S/C12H18ClFN2/c1-12(2,3)11(16-15)6-8-4-5-9(14)7-10(8)13/h4-5,7,11,16H,6,15H2,1-3H3. The Morgan fingerprint density at radius 1 is 1.44 bits per heavy atom. The van der Waals surface area contributed by atoms with Gasteiger partial charge in [-0.1, -0.05) is 38.4 Å². The molecule has 1 rings (SSSR count). The zero-order valence-corrected chi connectivity index (χ0v) is 10.6. The van der Waals surface area contributed by atoms with Crippen LogP contribution in [0.2, 0.25) is 5.02 Å². The van der Waals surface area contributed by atoms with Crippen molar-refractivity contribution in [3.63, 3.8) is 0 Å². The maximum atomic E-state index is 12.9. The van der Waals surface area contributed by atoms with Gasteiger partial charge in [0.2, 0.25) is 0 Å². The van der Waals surface area contributed by atoms with Crippen molar-refractivity contribution in [2.24, 2.45) is 11.3 Å². The molecule has 0 aliphatic carbocycles. The molecule has 0 fully saturated rings. The first-order valence-corrected chi connectivity index (χ1v) is 5.62. The molecule has 0 heterocycles. The number of nitrogens with two attached hydrogens (primary N) is 1. The summed E-state index contributed by atoms with van der Waals surface area (Å²) in [6, 6.07) is 4.54. The molecule has 0 spiro atoms. The zero-order chi connectivity index (χ0) is 12.3. The van der Waals surface area contributed by atoms with Crippen molar-refractivity contribution in [2.45, 2.75) is 33.2 Å².